The molecule has 2 rings (SSSR count). The standard InChI is InChI=1S/C11H13ClN2O4S/c1-11(2)9(7-4-5-8(12)13-6-7)19(15,16)14-10(17-3)18-11/h4-6,9H,1-3H3. The van der Waals surface area contributed by atoms with Gasteiger partial charge >= 0.3 is 6.08 Å². The molecule has 0 amide bonds. The fraction of sp³-hybridized carbons (Fsp3) is 0.455. The summed E-state index contributed by atoms with van der Waals surface area (Å²) in [5.74, 6) is 0. The Labute approximate surface area is 116 Å². The topological polar surface area (TPSA) is 77.9 Å². The van der Waals surface area contributed by atoms with Crippen LogP contribution in [0.15, 0.2) is 22.7 Å². The molecular weight excluding hydrogens is 292 g/mol. The number of nitrogens with zero attached hydrogens (tertiary/aromatic N) is 2. The Kier molecular flexibility index (Phi) is 3.44. The molecule has 1 aromatic heterocycles. The van der Waals surface area contributed by atoms with Crippen molar-refractivity contribution < 1.29 is 17.9 Å². The Bertz CT molecular complexity index is 610. The van der Waals surface area contributed by atoms with E-state index in [1.807, 2.05) is 0 Å². The fourth-order valence-electron chi connectivity index (χ4n) is 2.01. The number of halogens is 1. The predicted molar refractivity (Wildman–Crippen MR) is 70.5 cm³/mol. The molecule has 104 valence electrons. The van der Waals surface area contributed by atoms with Crippen molar-refractivity contribution in [3.63, 3.8) is 0 Å². The van der Waals surface area contributed by atoms with Gasteiger partial charge in [0, 0.05) is 6.20 Å². The van der Waals surface area contributed by atoms with Crippen LogP contribution in [0.1, 0.15) is 24.7 Å². The van der Waals surface area contributed by atoms with Crippen molar-refractivity contribution in [3.05, 3.63) is 29.0 Å². The predicted octanol–water partition coefficient (Wildman–Crippen LogP) is 1.92. The Hall–Kier alpha value is -1.34. The summed E-state index contributed by atoms with van der Waals surface area (Å²) in [4.78, 5) is 3.89. The first-order valence-corrected chi connectivity index (χ1v) is 7.32. The fourth-order valence-corrected chi connectivity index (χ4v) is 3.79. The van der Waals surface area contributed by atoms with Gasteiger partial charge in [-0.15, -0.1) is 0 Å². The Morgan fingerprint density at radius 3 is 2.58 bits per heavy atom. The van der Waals surface area contributed by atoms with Crippen molar-refractivity contribution in [2.45, 2.75) is 24.7 Å². The Balaban J connectivity index is 2.55. The Morgan fingerprint density at radius 1 is 1.42 bits per heavy atom. The zero-order valence-electron chi connectivity index (χ0n) is 10.6. The van der Waals surface area contributed by atoms with Crippen molar-refractivity contribution in [2.75, 3.05) is 7.11 Å². The van der Waals surface area contributed by atoms with Crippen LogP contribution in [0.2, 0.25) is 5.15 Å². The highest BCUT2D eigenvalue weighted by atomic mass is 35.5. The van der Waals surface area contributed by atoms with Gasteiger partial charge in [-0.25, -0.2) is 13.4 Å². The van der Waals surface area contributed by atoms with Gasteiger partial charge in [-0.1, -0.05) is 22.1 Å². The van der Waals surface area contributed by atoms with Crippen LogP contribution in [-0.2, 0) is 19.5 Å². The van der Waals surface area contributed by atoms with Crippen LogP contribution in [0, 0.1) is 0 Å². The molecule has 6 nitrogen and oxygen atoms in total. The van der Waals surface area contributed by atoms with Crippen molar-refractivity contribution in [3.8, 4) is 0 Å². The van der Waals surface area contributed by atoms with Gasteiger partial charge < -0.3 is 9.47 Å². The summed E-state index contributed by atoms with van der Waals surface area (Å²) in [6.07, 6.45) is 1.14. The largest absolute Gasteiger partial charge is 0.453 e. The number of pyridine rings is 1. The third-order valence-electron chi connectivity index (χ3n) is 2.71. The second kappa shape index (κ2) is 4.64. The molecule has 0 bridgehead atoms. The highest BCUT2D eigenvalue weighted by Crippen LogP contribution is 2.40. The molecule has 2 heterocycles. The highest BCUT2D eigenvalue weighted by molar-refractivity contribution is 7.90. The van der Waals surface area contributed by atoms with Crippen LogP contribution >= 0.6 is 11.6 Å². The molecule has 1 atom stereocenters. The summed E-state index contributed by atoms with van der Waals surface area (Å²) in [6, 6.07) is 3.12. The van der Waals surface area contributed by atoms with Crippen LogP contribution in [0.25, 0.3) is 0 Å². The average Bonchev–Trinajstić information content (AvgIpc) is 2.28. The van der Waals surface area contributed by atoms with E-state index in [0.29, 0.717) is 5.56 Å². The second-order valence-corrected chi connectivity index (χ2v) is 6.65. The van der Waals surface area contributed by atoms with Gasteiger partial charge in [-0.05, 0) is 25.5 Å². The van der Waals surface area contributed by atoms with E-state index in [-0.39, 0.29) is 11.2 Å². The molecule has 8 heteroatoms. The lowest BCUT2D eigenvalue weighted by atomic mass is 9.99. The van der Waals surface area contributed by atoms with E-state index in [4.69, 9.17) is 21.1 Å². The zero-order valence-corrected chi connectivity index (χ0v) is 12.2. The lowest BCUT2D eigenvalue weighted by Crippen LogP contribution is -2.43. The molecule has 0 saturated heterocycles. The lowest BCUT2D eigenvalue weighted by molar-refractivity contribution is 0.0442. The van der Waals surface area contributed by atoms with Crippen molar-refractivity contribution in [2.24, 2.45) is 4.40 Å². The van der Waals surface area contributed by atoms with Gasteiger partial charge in [0.2, 0.25) is 0 Å². The number of ether oxygens (including phenoxy) is 2. The quantitative estimate of drug-likeness (QED) is 0.741. The summed E-state index contributed by atoms with van der Waals surface area (Å²) < 4.78 is 38.2. The molecule has 0 aromatic carbocycles. The van der Waals surface area contributed by atoms with E-state index in [1.165, 1.54) is 19.4 Å². The van der Waals surface area contributed by atoms with Gasteiger partial charge in [0.05, 0.1) is 7.11 Å². The minimum atomic E-state index is -3.80. The molecule has 1 aliphatic heterocycles. The zero-order chi connectivity index (χ0) is 14.3. The minimum absolute atomic E-state index is 0.261. The van der Waals surface area contributed by atoms with Crippen LogP contribution in [0.5, 0.6) is 0 Å². The minimum Gasteiger partial charge on any atom is -0.453 e. The van der Waals surface area contributed by atoms with Gasteiger partial charge in [0.25, 0.3) is 10.0 Å². The summed E-state index contributed by atoms with van der Waals surface area (Å²) in [5.41, 5.74) is -0.560. The monoisotopic (exact) mass is 304 g/mol. The number of hydrogen-bond donors (Lipinski definition) is 0. The number of hydrogen-bond acceptors (Lipinski definition) is 5. The van der Waals surface area contributed by atoms with Crippen molar-refractivity contribution in [1.82, 2.24) is 4.98 Å². The molecule has 1 unspecified atom stereocenters. The molecular formula is C11H13ClN2O4S. The van der Waals surface area contributed by atoms with Gasteiger partial charge in [0.1, 0.15) is 16.0 Å². The molecule has 1 aromatic rings. The maximum atomic E-state index is 12.2. The molecule has 0 spiro atoms. The SMILES string of the molecule is COC1=NS(=O)(=O)C(c2ccc(Cl)nc2)C(C)(C)O1. The van der Waals surface area contributed by atoms with Gasteiger partial charge in [-0.2, -0.15) is 0 Å². The van der Waals surface area contributed by atoms with Crippen LogP contribution in [0.3, 0.4) is 0 Å². The normalized spacial score (nSPS) is 24.2. The number of rotatable bonds is 1. The summed E-state index contributed by atoms with van der Waals surface area (Å²) in [5, 5.41) is -0.680. The maximum Gasteiger partial charge on any atom is 0.399 e. The van der Waals surface area contributed by atoms with Crippen molar-refractivity contribution >= 4 is 27.7 Å². The number of aromatic nitrogens is 1. The number of methoxy groups -OCH3 is 1. The van der Waals surface area contributed by atoms with Gasteiger partial charge in [0.15, 0.2) is 0 Å². The van der Waals surface area contributed by atoms with Crippen LogP contribution in [-0.4, -0.2) is 32.2 Å². The first-order valence-electron chi connectivity index (χ1n) is 5.44. The second-order valence-electron chi connectivity index (χ2n) is 4.58. The lowest BCUT2D eigenvalue weighted by Gasteiger charge is -2.35. The van der Waals surface area contributed by atoms with Crippen LogP contribution < -0.4 is 0 Å². The molecule has 0 fully saturated rings. The van der Waals surface area contributed by atoms with E-state index < -0.39 is 20.9 Å². The first-order chi connectivity index (χ1) is 8.76. The molecule has 0 N–H and O–H groups in total. The molecule has 0 aliphatic carbocycles. The van der Waals surface area contributed by atoms with E-state index in [1.54, 1.807) is 19.9 Å². The summed E-state index contributed by atoms with van der Waals surface area (Å²) in [7, 11) is -2.50. The molecule has 1 aliphatic rings. The third-order valence-corrected chi connectivity index (χ3v) is 4.77. The maximum absolute atomic E-state index is 12.2. The van der Waals surface area contributed by atoms with E-state index in [0.717, 1.165) is 0 Å². The Morgan fingerprint density at radius 2 is 2.11 bits per heavy atom. The van der Waals surface area contributed by atoms with E-state index in [9.17, 15) is 8.42 Å². The van der Waals surface area contributed by atoms with E-state index >= 15 is 0 Å². The molecule has 0 radical (unpaired) electrons. The van der Waals surface area contributed by atoms with Gasteiger partial charge in [-0.3, -0.25) is 0 Å². The summed E-state index contributed by atoms with van der Waals surface area (Å²) >= 11 is 5.70. The molecule has 0 saturated carbocycles. The molecule has 19 heavy (non-hydrogen) atoms. The van der Waals surface area contributed by atoms with E-state index in [2.05, 4.69) is 9.38 Å². The smallest absolute Gasteiger partial charge is 0.399 e. The van der Waals surface area contributed by atoms with Crippen LogP contribution in [0.4, 0.5) is 0 Å². The third kappa shape index (κ3) is 2.66. The average molecular weight is 305 g/mol. The summed E-state index contributed by atoms with van der Waals surface area (Å²) in [6.45, 7) is 3.30. The first kappa shape index (κ1) is 14.1. The number of sulfonamides is 1. The highest BCUT2D eigenvalue weighted by Gasteiger charge is 2.48. The van der Waals surface area contributed by atoms with Crippen molar-refractivity contribution in [1.29, 1.82) is 0 Å².